The predicted octanol–water partition coefficient (Wildman–Crippen LogP) is -0.828. The van der Waals surface area contributed by atoms with Crippen LogP contribution in [0.4, 0.5) is 11.8 Å². The van der Waals surface area contributed by atoms with Gasteiger partial charge in [-0.05, 0) is 12.1 Å². The highest BCUT2D eigenvalue weighted by Gasteiger charge is 2.45. The number of aromatic nitrogens is 4. The van der Waals surface area contributed by atoms with Crippen LogP contribution in [0.3, 0.4) is 0 Å². The lowest BCUT2D eigenvalue weighted by atomic mass is 10.1. The first-order valence-electron chi connectivity index (χ1n) is 8.69. The predicted molar refractivity (Wildman–Crippen MR) is 102 cm³/mol. The van der Waals surface area contributed by atoms with Crippen LogP contribution >= 0.6 is 0 Å². The summed E-state index contributed by atoms with van der Waals surface area (Å²) in [5.41, 5.74) is 9.53. The van der Waals surface area contributed by atoms with E-state index in [2.05, 4.69) is 25.5 Å². The normalized spacial score (nSPS) is 24.5. The number of fused-ring (bicyclic) bond motifs is 1. The molecular weight excluding hydrogens is 382 g/mol. The van der Waals surface area contributed by atoms with Crippen molar-refractivity contribution in [3.8, 4) is 5.75 Å². The number of hydrogen-bond donors (Lipinski definition) is 6. The number of nitrogens with zero attached hydrogens (tertiary/aromatic N) is 5. The van der Waals surface area contributed by atoms with Crippen molar-refractivity contribution in [3.05, 3.63) is 36.2 Å². The number of phenols is 1. The molecule has 4 atom stereocenters. The Bertz CT molecular complexity index is 1060. The van der Waals surface area contributed by atoms with E-state index in [1.165, 1.54) is 23.2 Å². The van der Waals surface area contributed by atoms with Crippen molar-refractivity contribution in [2.75, 3.05) is 17.8 Å². The number of aliphatic hydroxyl groups excluding tert-OH is 3. The number of rotatable bonds is 5. The van der Waals surface area contributed by atoms with Crippen LogP contribution in [0.1, 0.15) is 11.8 Å². The average molecular weight is 401 g/mol. The van der Waals surface area contributed by atoms with Gasteiger partial charge in [0.1, 0.15) is 30.4 Å². The molecule has 0 unspecified atom stereocenters. The summed E-state index contributed by atoms with van der Waals surface area (Å²) in [5.74, 6) is 0.257. The smallest absolute Gasteiger partial charge is 0.228 e. The third kappa shape index (κ3) is 3.34. The molecule has 3 aromatic rings. The van der Waals surface area contributed by atoms with Gasteiger partial charge in [0.2, 0.25) is 5.95 Å². The quantitative estimate of drug-likeness (QED) is 0.233. The standard InChI is InChI=1S/C17H19N7O5/c18-14-11-15(20-7-19-14)24(16-13(28)12(27)10(6-25)29-16)17(22-11)23-21-5-8-3-1-2-4-9(8)26/h1-5,7,10,12-13,16,25-28H,6H2,(H,22,23)(H2,18,19,20)/t10-,12+,13+,16+/m0/s1. The number of ether oxygens (including phenoxy) is 1. The summed E-state index contributed by atoms with van der Waals surface area (Å²) >= 11 is 0. The molecule has 7 N–H and O–H groups in total. The SMILES string of the molecule is Nc1ncnc2c1nc(NN=Cc1ccccc1O)n2[C@@H]1O[C@@H](CO)[C@@H](O)[C@H]1O. The van der Waals surface area contributed by atoms with Crippen molar-refractivity contribution in [1.29, 1.82) is 0 Å². The Morgan fingerprint density at radius 3 is 2.76 bits per heavy atom. The number of aliphatic hydroxyl groups is 3. The fourth-order valence-corrected chi connectivity index (χ4v) is 3.10. The van der Waals surface area contributed by atoms with Gasteiger partial charge in [-0.3, -0.25) is 4.57 Å². The second kappa shape index (κ2) is 7.60. The Morgan fingerprint density at radius 2 is 2.03 bits per heavy atom. The zero-order valence-corrected chi connectivity index (χ0v) is 15.0. The van der Waals surface area contributed by atoms with Gasteiger partial charge in [-0.2, -0.15) is 5.10 Å². The molecule has 0 aliphatic carbocycles. The Balaban J connectivity index is 1.73. The number of hydrogen-bond acceptors (Lipinski definition) is 11. The van der Waals surface area contributed by atoms with Gasteiger partial charge >= 0.3 is 0 Å². The number of aromatic hydroxyl groups is 1. The molecular formula is C17H19N7O5. The first-order valence-corrected chi connectivity index (χ1v) is 8.69. The third-order valence-corrected chi connectivity index (χ3v) is 4.58. The summed E-state index contributed by atoms with van der Waals surface area (Å²) in [5, 5.41) is 43.8. The summed E-state index contributed by atoms with van der Waals surface area (Å²) in [6.45, 7) is -0.479. The molecule has 3 heterocycles. The van der Waals surface area contributed by atoms with E-state index in [1.54, 1.807) is 18.2 Å². The van der Waals surface area contributed by atoms with E-state index in [0.29, 0.717) is 5.56 Å². The van der Waals surface area contributed by atoms with Crippen LogP contribution in [0.2, 0.25) is 0 Å². The second-order valence-corrected chi connectivity index (χ2v) is 6.39. The summed E-state index contributed by atoms with van der Waals surface area (Å²) in [6.07, 6.45) is -2.14. The molecule has 0 radical (unpaired) electrons. The highest BCUT2D eigenvalue weighted by molar-refractivity contribution is 5.85. The molecule has 1 aromatic carbocycles. The van der Waals surface area contributed by atoms with Crippen LogP contribution in [-0.2, 0) is 4.74 Å². The van der Waals surface area contributed by atoms with E-state index in [4.69, 9.17) is 10.5 Å². The van der Waals surface area contributed by atoms with Crippen LogP contribution < -0.4 is 11.2 Å². The van der Waals surface area contributed by atoms with Crippen LogP contribution in [0.5, 0.6) is 5.75 Å². The number of nitrogens with one attached hydrogen (secondary N) is 1. The fraction of sp³-hybridized carbons (Fsp3) is 0.294. The van der Waals surface area contributed by atoms with E-state index in [0.717, 1.165) is 0 Å². The van der Waals surface area contributed by atoms with Crippen molar-refractivity contribution in [2.24, 2.45) is 5.10 Å². The van der Waals surface area contributed by atoms with Gasteiger partial charge in [-0.25, -0.2) is 20.4 Å². The van der Waals surface area contributed by atoms with Gasteiger partial charge < -0.3 is 30.9 Å². The third-order valence-electron chi connectivity index (χ3n) is 4.58. The largest absolute Gasteiger partial charge is 0.507 e. The molecule has 29 heavy (non-hydrogen) atoms. The number of phenolic OH excluding ortho intramolecular Hbond substituents is 1. The van der Waals surface area contributed by atoms with E-state index in [-0.39, 0.29) is 28.7 Å². The lowest BCUT2D eigenvalue weighted by Gasteiger charge is -2.18. The first-order chi connectivity index (χ1) is 14.0. The molecule has 1 fully saturated rings. The summed E-state index contributed by atoms with van der Waals surface area (Å²) in [6, 6.07) is 6.61. The van der Waals surface area contributed by atoms with Gasteiger partial charge in [0.05, 0.1) is 12.8 Å². The van der Waals surface area contributed by atoms with Gasteiger partial charge in [-0.1, -0.05) is 12.1 Å². The number of anilines is 2. The van der Waals surface area contributed by atoms with Gasteiger partial charge in [0, 0.05) is 5.56 Å². The van der Waals surface area contributed by atoms with Crippen molar-refractivity contribution in [3.63, 3.8) is 0 Å². The molecule has 12 heteroatoms. The van der Waals surface area contributed by atoms with Crippen molar-refractivity contribution in [2.45, 2.75) is 24.5 Å². The molecule has 0 bridgehead atoms. The van der Waals surface area contributed by atoms with E-state index < -0.39 is 31.1 Å². The number of nitrogens with two attached hydrogens (primary N) is 1. The monoisotopic (exact) mass is 401 g/mol. The molecule has 152 valence electrons. The Hall–Kier alpha value is -3.32. The maximum atomic E-state index is 10.4. The molecule has 0 saturated carbocycles. The second-order valence-electron chi connectivity index (χ2n) is 6.39. The Labute approximate surface area is 163 Å². The fourth-order valence-electron chi connectivity index (χ4n) is 3.10. The molecule has 1 aliphatic rings. The zero-order valence-electron chi connectivity index (χ0n) is 15.0. The molecule has 0 spiro atoms. The number of imidazole rings is 1. The number of benzene rings is 1. The van der Waals surface area contributed by atoms with Gasteiger partial charge in [0.15, 0.2) is 23.2 Å². The lowest BCUT2D eigenvalue weighted by Crippen LogP contribution is -2.33. The summed E-state index contributed by atoms with van der Waals surface area (Å²) in [4.78, 5) is 12.3. The highest BCUT2D eigenvalue weighted by atomic mass is 16.6. The Morgan fingerprint density at radius 1 is 1.24 bits per heavy atom. The Kier molecular flexibility index (Phi) is 4.98. The van der Waals surface area contributed by atoms with Crippen LogP contribution in [0.25, 0.3) is 11.2 Å². The minimum atomic E-state index is -1.36. The molecule has 1 aliphatic heterocycles. The molecule has 0 amide bonds. The van der Waals surface area contributed by atoms with Crippen molar-refractivity contribution in [1.82, 2.24) is 19.5 Å². The molecule has 12 nitrogen and oxygen atoms in total. The maximum absolute atomic E-state index is 10.4. The molecule has 4 rings (SSSR count). The van der Waals surface area contributed by atoms with Crippen molar-refractivity contribution >= 4 is 29.1 Å². The topological polar surface area (TPSA) is 184 Å². The first kappa shape index (κ1) is 19.0. The van der Waals surface area contributed by atoms with Crippen molar-refractivity contribution < 1.29 is 25.2 Å². The van der Waals surface area contributed by atoms with E-state index in [1.807, 2.05) is 0 Å². The van der Waals surface area contributed by atoms with Gasteiger partial charge in [-0.15, -0.1) is 0 Å². The maximum Gasteiger partial charge on any atom is 0.228 e. The number of hydrazone groups is 1. The number of nitrogen functional groups attached to an aromatic ring is 1. The minimum Gasteiger partial charge on any atom is -0.507 e. The van der Waals surface area contributed by atoms with Crippen LogP contribution in [0, 0.1) is 0 Å². The molecule has 1 saturated heterocycles. The number of para-hydroxylation sites is 1. The summed E-state index contributed by atoms with van der Waals surface area (Å²) in [7, 11) is 0. The van der Waals surface area contributed by atoms with Crippen LogP contribution in [-0.4, -0.2) is 71.1 Å². The lowest BCUT2D eigenvalue weighted by molar-refractivity contribution is -0.0501. The van der Waals surface area contributed by atoms with Crippen LogP contribution in [0.15, 0.2) is 35.7 Å². The van der Waals surface area contributed by atoms with E-state index in [9.17, 15) is 20.4 Å². The average Bonchev–Trinajstić information content (AvgIpc) is 3.22. The van der Waals surface area contributed by atoms with E-state index >= 15 is 0 Å². The highest BCUT2D eigenvalue weighted by Crippen LogP contribution is 2.35. The molecule has 2 aromatic heterocycles. The summed E-state index contributed by atoms with van der Waals surface area (Å²) < 4.78 is 6.97. The van der Waals surface area contributed by atoms with Gasteiger partial charge in [0.25, 0.3) is 0 Å². The minimum absolute atomic E-state index is 0.0464. The zero-order chi connectivity index (χ0) is 20.5.